The van der Waals surface area contributed by atoms with Gasteiger partial charge in [0, 0.05) is 11.1 Å². The molecule has 2 aromatic heterocycles. The van der Waals surface area contributed by atoms with Crippen molar-refractivity contribution >= 4 is 11.3 Å². The topological polar surface area (TPSA) is 50.9 Å². The Balaban J connectivity index is 2.37. The first-order chi connectivity index (χ1) is 7.33. The summed E-state index contributed by atoms with van der Waals surface area (Å²) in [6, 6.07) is 7.91. The summed E-state index contributed by atoms with van der Waals surface area (Å²) < 4.78 is 0. The van der Waals surface area contributed by atoms with Crippen molar-refractivity contribution < 1.29 is 0 Å². The Hall–Kier alpha value is -1.23. The molecule has 0 aliphatic carbocycles. The van der Waals surface area contributed by atoms with Gasteiger partial charge < -0.3 is 0 Å². The van der Waals surface area contributed by atoms with Gasteiger partial charge in [-0.05, 0) is 36.1 Å². The number of aromatic nitrogens is 1. The molecule has 0 aromatic carbocycles. The smallest absolute Gasteiger partial charge is 0.0892 e. The highest BCUT2D eigenvalue weighted by Crippen LogP contribution is 2.26. The summed E-state index contributed by atoms with van der Waals surface area (Å²) in [7, 11) is 0. The number of hydrogen-bond donors (Lipinski definition) is 2. The molecular formula is C11H13N3S. The van der Waals surface area contributed by atoms with Crippen LogP contribution in [0.25, 0.3) is 0 Å². The van der Waals surface area contributed by atoms with Gasteiger partial charge in [-0.1, -0.05) is 6.07 Å². The number of nitrogens with two attached hydrogens (primary N) is 1. The van der Waals surface area contributed by atoms with E-state index in [1.807, 2.05) is 18.2 Å². The zero-order valence-corrected chi connectivity index (χ0v) is 9.29. The van der Waals surface area contributed by atoms with Crippen LogP contribution in [-0.2, 0) is 0 Å². The second-order valence-electron chi connectivity index (χ2n) is 3.29. The highest BCUT2D eigenvalue weighted by atomic mass is 32.1. The molecule has 0 aliphatic heterocycles. The molecule has 2 aromatic rings. The van der Waals surface area contributed by atoms with E-state index in [0.29, 0.717) is 0 Å². The van der Waals surface area contributed by atoms with Crippen LogP contribution in [-0.4, -0.2) is 4.98 Å². The average molecular weight is 219 g/mol. The van der Waals surface area contributed by atoms with Gasteiger partial charge in [0.2, 0.25) is 0 Å². The maximum Gasteiger partial charge on any atom is 0.0892 e. The van der Waals surface area contributed by atoms with E-state index < -0.39 is 0 Å². The first-order valence-electron chi connectivity index (χ1n) is 4.74. The molecule has 78 valence electrons. The van der Waals surface area contributed by atoms with Crippen LogP contribution in [0.4, 0.5) is 0 Å². The van der Waals surface area contributed by atoms with Crippen molar-refractivity contribution in [1.82, 2.24) is 10.4 Å². The monoisotopic (exact) mass is 219 g/mol. The highest BCUT2D eigenvalue weighted by Gasteiger charge is 2.15. The minimum atomic E-state index is -0.0163. The number of hydrogen-bond acceptors (Lipinski definition) is 4. The largest absolute Gasteiger partial charge is 0.271 e. The third kappa shape index (κ3) is 2.07. The fourth-order valence-corrected chi connectivity index (χ4v) is 2.32. The van der Waals surface area contributed by atoms with Gasteiger partial charge in [0.15, 0.2) is 0 Å². The zero-order chi connectivity index (χ0) is 10.7. The summed E-state index contributed by atoms with van der Waals surface area (Å²) in [6.07, 6.45) is 1.78. The molecule has 0 saturated heterocycles. The van der Waals surface area contributed by atoms with Crippen LogP contribution in [0, 0.1) is 6.92 Å². The van der Waals surface area contributed by atoms with Gasteiger partial charge in [0.1, 0.15) is 0 Å². The molecule has 2 rings (SSSR count). The van der Waals surface area contributed by atoms with Crippen LogP contribution < -0.4 is 11.3 Å². The first kappa shape index (κ1) is 10.3. The Morgan fingerprint density at radius 3 is 2.80 bits per heavy atom. The molecule has 15 heavy (non-hydrogen) atoms. The lowest BCUT2D eigenvalue weighted by atomic mass is 10.1. The van der Waals surface area contributed by atoms with E-state index in [1.54, 1.807) is 17.5 Å². The zero-order valence-electron chi connectivity index (χ0n) is 8.47. The van der Waals surface area contributed by atoms with E-state index in [9.17, 15) is 0 Å². The number of hydrazine groups is 1. The van der Waals surface area contributed by atoms with Crippen molar-refractivity contribution in [3.05, 3.63) is 52.0 Å². The van der Waals surface area contributed by atoms with Gasteiger partial charge in [0.25, 0.3) is 0 Å². The Kier molecular flexibility index (Phi) is 3.11. The third-order valence-corrected chi connectivity index (χ3v) is 3.22. The van der Waals surface area contributed by atoms with Crippen LogP contribution in [0.5, 0.6) is 0 Å². The van der Waals surface area contributed by atoms with E-state index >= 15 is 0 Å². The molecular weight excluding hydrogens is 206 g/mol. The van der Waals surface area contributed by atoms with Crippen LogP contribution in [0.15, 0.2) is 35.8 Å². The van der Waals surface area contributed by atoms with Gasteiger partial charge >= 0.3 is 0 Å². The Bertz CT molecular complexity index is 424. The first-order valence-corrected chi connectivity index (χ1v) is 5.62. The van der Waals surface area contributed by atoms with Crippen molar-refractivity contribution in [1.29, 1.82) is 0 Å². The molecule has 1 atom stereocenters. The fourth-order valence-electron chi connectivity index (χ4n) is 1.58. The molecule has 1 unspecified atom stereocenters. The summed E-state index contributed by atoms with van der Waals surface area (Å²) in [5, 5.41) is 2.07. The maximum atomic E-state index is 5.58. The molecule has 0 radical (unpaired) electrons. The number of rotatable bonds is 3. The number of thiophene rings is 1. The molecule has 0 aliphatic rings. The SMILES string of the molecule is Cc1sccc1C(NN)c1ccccn1. The van der Waals surface area contributed by atoms with Gasteiger partial charge in [-0.3, -0.25) is 10.8 Å². The van der Waals surface area contributed by atoms with Crippen molar-refractivity contribution in [3.63, 3.8) is 0 Å². The van der Waals surface area contributed by atoms with Crippen LogP contribution in [0.2, 0.25) is 0 Å². The Morgan fingerprint density at radius 2 is 2.27 bits per heavy atom. The van der Waals surface area contributed by atoms with Gasteiger partial charge in [-0.2, -0.15) is 0 Å². The highest BCUT2D eigenvalue weighted by molar-refractivity contribution is 7.10. The van der Waals surface area contributed by atoms with Crippen molar-refractivity contribution in [2.45, 2.75) is 13.0 Å². The quantitative estimate of drug-likeness (QED) is 0.613. The lowest BCUT2D eigenvalue weighted by molar-refractivity contribution is 0.620. The van der Waals surface area contributed by atoms with E-state index in [0.717, 1.165) is 5.69 Å². The molecule has 2 heterocycles. The van der Waals surface area contributed by atoms with Crippen LogP contribution in [0.3, 0.4) is 0 Å². The van der Waals surface area contributed by atoms with Crippen molar-refractivity contribution in [3.8, 4) is 0 Å². The molecule has 3 nitrogen and oxygen atoms in total. The summed E-state index contributed by atoms with van der Waals surface area (Å²) in [5.74, 6) is 5.58. The fraction of sp³-hybridized carbons (Fsp3) is 0.182. The standard InChI is InChI=1S/C11H13N3S/c1-8-9(5-7-15-8)11(14-12)10-4-2-3-6-13-10/h2-7,11,14H,12H2,1H3. The molecule has 0 saturated carbocycles. The Labute approximate surface area is 92.9 Å². The van der Waals surface area contributed by atoms with Crippen molar-refractivity contribution in [2.24, 2.45) is 5.84 Å². The van der Waals surface area contributed by atoms with Crippen LogP contribution in [0.1, 0.15) is 22.2 Å². The minimum absolute atomic E-state index is 0.0163. The van der Waals surface area contributed by atoms with E-state index in [1.165, 1.54) is 10.4 Å². The minimum Gasteiger partial charge on any atom is -0.271 e. The lowest BCUT2D eigenvalue weighted by Gasteiger charge is -2.14. The van der Waals surface area contributed by atoms with Gasteiger partial charge in [-0.15, -0.1) is 11.3 Å². The predicted molar refractivity (Wildman–Crippen MR) is 62.5 cm³/mol. The molecule has 0 spiro atoms. The van der Waals surface area contributed by atoms with E-state index in [4.69, 9.17) is 5.84 Å². The third-order valence-electron chi connectivity index (χ3n) is 2.36. The number of aryl methyl sites for hydroxylation is 1. The number of nitrogens with zero attached hydrogens (tertiary/aromatic N) is 1. The number of pyridine rings is 1. The van der Waals surface area contributed by atoms with E-state index in [2.05, 4.69) is 28.8 Å². The van der Waals surface area contributed by atoms with Gasteiger partial charge in [0.05, 0.1) is 11.7 Å². The maximum absolute atomic E-state index is 5.58. The summed E-state index contributed by atoms with van der Waals surface area (Å²) >= 11 is 1.72. The summed E-state index contributed by atoms with van der Waals surface area (Å²) in [6.45, 7) is 2.09. The average Bonchev–Trinajstić information content (AvgIpc) is 2.68. The number of nitrogens with one attached hydrogen (secondary N) is 1. The molecule has 0 fully saturated rings. The second kappa shape index (κ2) is 4.53. The Morgan fingerprint density at radius 1 is 1.40 bits per heavy atom. The summed E-state index contributed by atoms with van der Waals surface area (Å²) in [5.41, 5.74) is 4.95. The molecule has 0 amide bonds. The van der Waals surface area contributed by atoms with Crippen molar-refractivity contribution in [2.75, 3.05) is 0 Å². The molecule has 0 bridgehead atoms. The normalized spacial score (nSPS) is 12.7. The molecule has 3 N–H and O–H groups in total. The lowest BCUT2D eigenvalue weighted by Crippen LogP contribution is -2.29. The summed E-state index contributed by atoms with van der Waals surface area (Å²) in [4.78, 5) is 5.58. The van der Waals surface area contributed by atoms with Crippen LogP contribution >= 0.6 is 11.3 Å². The molecule has 4 heteroatoms. The van der Waals surface area contributed by atoms with E-state index in [-0.39, 0.29) is 6.04 Å². The van der Waals surface area contributed by atoms with Gasteiger partial charge in [-0.25, -0.2) is 5.43 Å². The predicted octanol–water partition coefficient (Wildman–Crippen LogP) is 2.00. The second-order valence-corrected chi connectivity index (χ2v) is 4.41.